The molecule has 1 saturated carbocycles. The molecule has 2 N–H and O–H groups in total. The maximum atomic E-state index is 5.80. The molecule has 0 spiro atoms. The van der Waals surface area contributed by atoms with Crippen molar-refractivity contribution in [2.24, 2.45) is 10.7 Å². The summed E-state index contributed by atoms with van der Waals surface area (Å²) in [7, 11) is 0. The van der Waals surface area contributed by atoms with Crippen molar-refractivity contribution in [3.05, 3.63) is 34.3 Å². The summed E-state index contributed by atoms with van der Waals surface area (Å²) in [5.41, 5.74) is 7.07. The van der Waals surface area contributed by atoms with Crippen LogP contribution in [0.2, 0.25) is 0 Å². The second-order valence-electron chi connectivity index (χ2n) is 3.62. The number of nitrogens with zero attached hydrogens (tertiary/aromatic N) is 1. The Balaban J connectivity index is 1.86. The van der Waals surface area contributed by atoms with E-state index in [9.17, 15) is 0 Å². The Hall–Kier alpha value is -0.480. The van der Waals surface area contributed by atoms with Gasteiger partial charge in [-0.05, 0) is 30.5 Å². The van der Waals surface area contributed by atoms with E-state index < -0.39 is 0 Å². The van der Waals surface area contributed by atoms with Crippen molar-refractivity contribution in [2.45, 2.75) is 24.6 Å². The van der Waals surface area contributed by atoms with Crippen molar-refractivity contribution in [1.82, 2.24) is 0 Å². The van der Waals surface area contributed by atoms with Crippen LogP contribution in [0.5, 0.6) is 0 Å². The molecule has 1 aliphatic rings. The summed E-state index contributed by atoms with van der Waals surface area (Å²) in [6.45, 7) is 0. The van der Waals surface area contributed by atoms with Crippen LogP contribution in [0, 0.1) is 0 Å². The van der Waals surface area contributed by atoms with Gasteiger partial charge in [-0.1, -0.05) is 39.8 Å². The summed E-state index contributed by atoms with van der Waals surface area (Å²) in [5.74, 6) is 0.890. The molecular formula is C11H13BrN2S. The minimum absolute atomic E-state index is 0.514. The molecule has 1 fully saturated rings. The minimum Gasteiger partial charge on any atom is -0.379 e. The van der Waals surface area contributed by atoms with Crippen LogP contribution in [0.25, 0.3) is 0 Å². The van der Waals surface area contributed by atoms with Gasteiger partial charge in [0.15, 0.2) is 5.17 Å². The second kappa shape index (κ2) is 5.03. The Morgan fingerprint density at radius 3 is 3.00 bits per heavy atom. The summed E-state index contributed by atoms with van der Waals surface area (Å²) in [4.78, 5) is 4.37. The SMILES string of the molecule is NC(=NC1CC1)SCc1cccc(Br)c1. The van der Waals surface area contributed by atoms with Gasteiger partial charge in [-0.3, -0.25) is 4.99 Å². The van der Waals surface area contributed by atoms with E-state index in [0.29, 0.717) is 6.04 Å². The van der Waals surface area contributed by atoms with Crippen LogP contribution in [0.15, 0.2) is 33.7 Å². The Bertz CT molecular complexity index is 375. The molecule has 0 bridgehead atoms. The van der Waals surface area contributed by atoms with E-state index in [0.717, 1.165) is 15.4 Å². The van der Waals surface area contributed by atoms with Gasteiger partial charge in [-0.2, -0.15) is 0 Å². The topological polar surface area (TPSA) is 38.4 Å². The van der Waals surface area contributed by atoms with Crippen LogP contribution in [-0.2, 0) is 5.75 Å². The predicted molar refractivity (Wildman–Crippen MR) is 70.1 cm³/mol. The number of amidine groups is 1. The number of hydrogen-bond donors (Lipinski definition) is 1. The van der Waals surface area contributed by atoms with Crippen LogP contribution in [0.4, 0.5) is 0 Å². The first-order valence-electron chi connectivity index (χ1n) is 4.94. The van der Waals surface area contributed by atoms with Gasteiger partial charge >= 0.3 is 0 Å². The quantitative estimate of drug-likeness (QED) is 0.684. The molecule has 1 aromatic rings. The Labute approximate surface area is 102 Å². The zero-order chi connectivity index (χ0) is 10.7. The van der Waals surface area contributed by atoms with E-state index in [1.807, 2.05) is 12.1 Å². The fraction of sp³-hybridized carbons (Fsp3) is 0.364. The first-order chi connectivity index (χ1) is 7.24. The lowest BCUT2D eigenvalue weighted by Crippen LogP contribution is -2.07. The molecule has 15 heavy (non-hydrogen) atoms. The van der Waals surface area contributed by atoms with Crippen LogP contribution < -0.4 is 5.73 Å². The molecule has 1 aromatic carbocycles. The molecule has 0 unspecified atom stereocenters. The highest BCUT2D eigenvalue weighted by molar-refractivity contribution is 9.10. The predicted octanol–water partition coefficient (Wildman–Crippen LogP) is 3.16. The Morgan fingerprint density at radius 2 is 2.33 bits per heavy atom. The lowest BCUT2D eigenvalue weighted by atomic mass is 10.2. The number of aliphatic imine (C=N–C) groups is 1. The van der Waals surface area contributed by atoms with Gasteiger partial charge in [0, 0.05) is 10.2 Å². The zero-order valence-electron chi connectivity index (χ0n) is 8.32. The Kier molecular flexibility index (Phi) is 3.70. The molecule has 2 nitrogen and oxygen atoms in total. The summed E-state index contributed by atoms with van der Waals surface area (Å²) in [6.07, 6.45) is 2.41. The summed E-state index contributed by atoms with van der Waals surface area (Å²) in [6, 6.07) is 8.78. The van der Waals surface area contributed by atoms with Crippen LogP contribution >= 0.6 is 27.7 Å². The van der Waals surface area contributed by atoms with E-state index in [2.05, 4.69) is 33.1 Å². The summed E-state index contributed by atoms with van der Waals surface area (Å²) in [5, 5.41) is 0.720. The molecular weight excluding hydrogens is 272 g/mol. The van der Waals surface area contributed by atoms with Gasteiger partial charge in [-0.25, -0.2) is 0 Å². The molecule has 1 aliphatic carbocycles. The molecule has 0 atom stereocenters. The van der Waals surface area contributed by atoms with Crippen molar-refractivity contribution in [3.8, 4) is 0 Å². The van der Waals surface area contributed by atoms with Crippen molar-refractivity contribution in [2.75, 3.05) is 0 Å². The van der Waals surface area contributed by atoms with Crippen molar-refractivity contribution >= 4 is 32.9 Å². The highest BCUT2D eigenvalue weighted by atomic mass is 79.9. The summed E-state index contributed by atoms with van der Waals surface area (Å²) < 4.78 is 1.11. The fourth-order valence-corrected chi connectivity index (χ4v) is 2.37. The van der Waals surface area contributed by atoms with E-state index in [1.54, 1.807) is 11.8 Å². The molecule has 4 heteroatoms. The number of benzene rings is 1. The van der Waals surface area contributed by atoms with Gasteiger partial charge in [0.1, 0.15) is 0 Å². The highest BCUT2D eigenvalue weighted by Gasteiger charge is 2.20. The third kappa shape index (κ3) is 3.87. The summed E-state index contributed by atoms with van der Waals surface area (Å²) >= 11 is 5.06. The highest BCUT2D eigenvalue weighted by Crippen LogP contribution is 2.25. The first-order valence-corrected chi connectivity index (χ1v) is 6.72. The van der Waals surface area contributed by atoms with Gasteiger partial charge in [0.05, 0.1) is 6.04 Å². The second-order valence-corrected chi connectivity index (χ2v) is 5.53. The molecule has 2 rings (SSSR count). The third-order valence-electron chi connectivity index (χ3n) is 2.13. The average Bonchev–Trinajstić information content (AvgIpc) is 2.99. The van der Waals surface area contributed by atoms with E-state index >= 15 is 0 Å². The van der Waals surface area contributed by atoms with Crippen LogP contribution in [0.1, 0.15) is 18.4 Å². The van der Waals surface area contributed by atoms with Crippen LogP contribution in [-0.4, -0.2) is 11.2 Å². The van der Waals surface area contributed by atoms with E-state index in [-0.39, 0.29) is 0 Å². The normalized spacial score (nSPS) is 16.7. The molecule has 0 aromatic heterocycles. The number of rotatable bonds is 3. The van der Waals surface area contributed by atoms with E-state index in [1.165, 1.54) is 18.4 Å². The van der Waals surface area contributed by atoms with Gasteiger partial charge in [0.25, 0.3) is 0 Å². The van der Waals surface area contributed by atoms with Crippen molar-refractivity contribution < 1.29 is 0 Å². The molecule has 0 saturated heterocycles. The number of hydrogen-bond acceptors (Lipinski definition) is 2. The maximum absolute atomic E-state index is 5.80. The molecule has 0 radical (unpaired) electrons. The van der Waals surface area contributed by atoms with Gasteiger partial charge in [-0.15, -0.1) is 0 Å². The van der Waals surface area contributed by atoms with Crippen molar-refractivity contribution in [1.29, 1.82) is 0 Å². The number of halogens is 1. The smallest absolute Gasteiger partial charge is 0.154 e. The molecule has 80 valence electrons. The van der Waals surface area contributed by atoms with Crippen LogP contribution in [0.3, 0.4) is 0 Å². The Morgan fingerprint density at radius 1 is 1.53 bits per heavy atom. The molecule has 0 heterocycles. The fourth-order valence-electron chi connectivity index (χ4n) is 1.20. The average molecular weight is 285 g/mol. The monoisotopic (exact) mass is 284 g/mol. The minimum atomic E-state index is 0.514. The number of thioether (sulfide) groups is 1. The maximum Gasteiger partial charge on any atom is 0.154 e. The zero-order valence-corrected chi connectivity index (χ0v) is 10.7. The molecule has 0 amide bonds. The largest absolute Gasteiger partial charge is 0.379 e. The number of nitrogens with two attached hydrogens (primary N) is 1. The van der Waals surface area contributed by atoms with Gasteiger partial charge < -0.3 is 5.73 Å². The first kappa shape index (κ1) is 11.0. The lowest BCUT2D eigenvalue weighted by Gasteiger charge is -2.01. The lowest BCUT2D eigenvalue weighted by molar-refractivity contribution is 1.07. The van der Waals surface area contributed by atoms with E-state index in [4.69, 9.17) is 5.73 Å². The van der Waals surface area contributed by atoms with Crippen molar-refractivity contribution in [3.63, 3.8) is 0 Å². The van der Waals surface area contributed by atoms with Gasteiger partial charge in [0.2, 0.25) is 0 Å². The standard InChI is InChI=1S/C11H13BrN2S/c12-9-3-1-2-8(6-9)7-15-11(13)14-10-4-5-10/h1-3,6,10H,4-5,7H2,(H2,13,14). The molecule has 0 aliphatic heterocycles. The third-order valence-corrected chi connectivity index (χ3v) is 3.50.